The summed E-state index contributed by atoms with van der Waals surface area (Å²) in [7, 11) is 0. The molecule has 0 bridgehead atoms. The number of rotatable bonds is 5. The van der Waals surface area contributed by atoms with E-state index in [0.29, 0.717) is 5.69 Å². The molecule has 3 rings (SSSR count). The van der Waals surface area contributed by atoms with Crippen molar-refractivity contribution in [1.82, 2.24) is 0 Å². The Morgan fingerprint density at radius 1 is 1.08 bits per heavy atom. The van der Waals surface area contributed by atoms with Gasteiger partial charge in [0.2, 0.25) is 17.7 Å². The fourth-order valence-corrected chi connectivity index (χ4v) is 3.88. The summed E-state index contributed by atoms with van der Waals surface area (Å²) >= 11 is 1.21. The molecule has 134 valence electrons. The maximum absolute atomic E-state index is 12.5. The van der Waals surface area contributed by atoms with Gasteiger partial charge in [-0.15, -0.1) is 11.8 Å². The molecule has 0 spiro atoms. The average molecular weight is 368 g/mol. The second-order valence-corrected chi connectivity index (χ2v) is 7.41. The minimum Gasteiger partial charge on any atom is -0.325 e. The van der Waals surface area contributed by atoms with E-state index in [2.05, 4.69) is 5.32 Å². The zero-order chi connectivity index (χ0) is 18.7. The number of para-hydroxylation sites is 2. The number of nitrogens with one attached hydrogen (secondary N) is 1. The highest BCUT2D eigenvalue weighted by Crippen LogP contribution is 2.29. The van der Waals surface area contributed by atoms with Crippen molar-refractivity contribution in [3.63, 3.8) is 0 Å². The molecule has 0 saturated carbocycles. The summed E-state index contributed by atoms with van der Waals surface area (Å²) in [6, 6.07) is 14.7. The lowest BCUT2D eigenvalue weighted by molar-refractivity contribution is -0.121. The Hall–Kier alpha value is -2.60. The van der Waals surface area contributed by atoms with E-state index in [4.69, 9.17) is 0 Å². The first-order valence-corrected chi connectivity index (χ1v) is 9.42. The molecule has 2 aromatic rings. The highest BCUT2D eigenvalue weighted by atomic mass is 32.2. The molecule has 1 saturated heterocycles. The van der Waals surface area contributed by atoms with Crippen molar-refractivity contribution in [3.8, 4) is 0 Å². The fourth-order valence-electron chi connectivity index (χ4n) is 2.95. The normalized spacial score (nSPS) is 16.8. The summed E-state index contributed by atoms with van der Waals surface area (Å²) in [4.78, 5) is 38.2. The summed E-state index contributed by atoms with van der Waals surface area (Å²) in [5.41, 5.74) is 3.36. The van der Waals surface area contributed by atoms with Crippen LogP contribution in [-0.2, 0) is 14.4 Å². The van der Waals surface area contributed by atoms with Crippen LogP contribution >= 0.6 is 11.8 Å². The van der Waals surface area contributed by atoms with Crippen molar-refractivity contribution in [1.29, 1.82) is 0 Å². The number of benzene rings is 2. The molecular formula is C20H20N2O3S. The Labute approximate surface area is 156 Å². The van der Waals surface area contributed by atoms with Gasteiger partial charge in [0.25, 0.3) is 0 Å². The van der Waals surface area contributed by atoms with Crippen LogP contribution in [0.25, 0.3) is 0 Å². The van der Waals surface area contributed by atoms with Gasteiger partial charge in [-0.1, -0.05) is 36.4 Å². The molecule has 6 heteroatoms. The molecule has 0 aromatic heterocycles. The van der Waals surface area contributed by atoms with Crippen molar-refractivity contribution in [2.45, 2.75) is 25.5 Å². The van der Waals surface area contributed by atoms with Gasteiger partial charge < -0.3 is 5.32 Å². The topological polar surface area (TPSA) is 66.5 Å². The number of anilines is 2. The molecule has 1 aliphatic heterocycles. The van der Waals surface area contributed by atoms with Gasteiger partial charge >= 0.3 is 0 Å². The number of nitrogens with zero attached hydrogens (tertiary/aromatic N) is 1. The van der Waals surface area contributed by atoms with Crippen LogP contribution in [0.4, 0.5) is 11.4 Å². The van der Waals surface area contributed by atoms with Gasteiger partial charge in [0, 0.05) is 12.1 Å². The Morgan fingerprint density at radius 3 is 2.38 bits per heavy atom. The Kier molecular flexibility index (Phi) is 5.42. The summed E-state index contributed by atoms with van der Waals surface area (Å²) < 4.78 is 0. The molecule has 3 amide bonds. The van der Waals surface area contributed by atoms with Crippen LogP contribution in [0.15, 0.2) is 48.5 Å². The predicted octanol–water partition coefficient (Wildman–Crippen LogP) is 3.31. The number of thioether (sulfide) groups is 1. The minimum absolute atomic E-state index is 0.120. The van der Waals surface area contributed by atoms with E-state index in [0.717, 1.165) is 16.8 Å². The number of carbonyl (C=O) groups is 3. The lowest BCUT2D eigenvalue weighted by Gasteiger charge is -2.15. The standard InChI is InChI=1S/C20H20N2O3S/c1-13-7-6-8-14(2)19(13)21-17(23)12-26-16-11-18(24)22(20(16)25)15-9-4-3-5-10-15/h3-10,16H,11-12H2,1-2H3,(H,21,23)/t16-/m0/s1. The van der Waals surface area contributed by atoms with Crippen molar-refractivity contribution in [3.05, 3.63) is 59.7 Å². The quantitative estimate of drug-likeness (QED) is 0.823. The molecule has 1 atom stereocenters. The minimum atomic E-state index is -0.522. The van der Waals surface area contributed by atoms with Crippen LogP contribution in [0.1, 0.15) is 17.5 Å². The van der Waals surface area contributed by atoms with E-state index in [1.807, 2.05) is 38.1 Å². The van der Waals surface area contributed by atoms with E-state index in [-0.39, 0.29) is 29.9 Å². The second-order valence-electron chi connectivity index (χ2n) is 6.22. The van der Waals surface area contributed by atoms with Crippen LogP contribution < -0.4 is 10.2 Å². The maximum atomic E-state index is 12.5. The third kappa shape index (κ3) is 3.80. The molecule has 26 heavy (non-hydrogen) atoms. The SMILES string of the molecule is Cc1cccc(C)c1NC(=O)CS[C@H]1CC(=O)N(c2ccccc2)C1=O. The van der Waals surface area contributed by atoms with Gasteiger partial charge in [-0.05, 0) is 37.1 Å². The van der Waals surface area contributed by atoms with Crippen molar-refractivity contribution >= 4 is 40.9 Å². The molecule has 1 N–H and O–H groups in total. The monoisotopic (exact) mass is 368 g/mol. The molecule has 1 aliphatic rings. The summed E-state index contributed by atoms with van der Waals surface area (Å²) in [5, 5.41) is 2.38. The van der Waals surface area contributed by atoms with Gasteiger partial charge in [0.1, 0.15) is 0 Å². The predicted molar refractivity (Wildman–Crippen MR) is 104 cm³/mol. The highest BCUT2D eigenvalue weighted by Gasteiger charge is 2.39. The van der Waals surface area contributed by atoms with Gasteiger partial charge in [-0.3, -0.25) is 14.4 Å². The van der Waals surface area contributed by atoms with E-state index < -0.39 is 5.25 Å². The van der Waals surface area contributed by atoms with Crippen LogP contribution in [0.2, 0.25) is 0 Å². The zero-order valence-electron chi connectivity index (χ0n) is 14.7. The van der Waals surface area contributed by atoms with Crippen LogP contribution in [-0.4, -0.2) is 28.7 Å². The Morgan fingerprint density at radius 2 is 1.73 bits per heavy atom. The van der Waals surface area contributed by atoms with E-state index in [1.54, 1.807) is 24.3 Å². The number of hydrogen-bond acceptors (Lipinski definition) is 4. The van der Waals surface area contributed by atoms with Gasteiger partial charge in [0.15, 0.2) is 0 Å². The summed E-state index contributed by atoms with van der Waals surface area (Å²) in [5.74, 6) is -0.536. The van der Waals surface area contributed by atoms with Crippen LogP contribution in [0, 0.1) is 13.8 Å². The molecule has 5 nitrogen and oxygen atoms in total. The van der Waals surface area contributed by atoms with Crippen molar-refractivity contribution in [2.24, 2.45) is 0 Å². The molecule has 0 radical (unpaired) electrons. The smallest absolute Gasteiger partial charge is 0.247 e. The first-order valence-electron chi connectivity index (χ1n) is 8.37. The molecule has 1 heterocycles. The maximum Gasteiger partial charge on any atom is 0.247 e. The number of amides is 3. The first kappa shape index (κ1) is 18.2. The van der Waals surface area contributed by atoms with E-state index in [1.165, 1.54) is 16.7 Å². The lowest BCUT2D eigenvalue weighted by atomic mass is 10.1. The molecule has 1 fully saturated rings. The van der Waals surface area contributed by atoms with Crippen LogP contribution in [0.3, 0.4) is 0 Å². The summed E-state index contributed by atoms with van der Waals surface area (Å²) in [6.45, 7) is 3.87. The third-order valence-electron chi connectivity index (χ3n) is 4.28. The second kappa shape index (κ2) is 7.74. The summed E-state index contributed by atoms with van der Waals surface area (Å²) in [6.07, 6.45) is 0.120. The third-order valence-corrected chi connectivity index (χ3v) is 5.48. The number of carbonyl (C=O) groups excluding carboxylic acids is 3. The fraction of sp³-hybridized carbons (Fsp3) is 0.250. The van der Waals surface area contributed by atoms with Crippen molar-refractivity contribution < 1.29 is 14.4 Å². The number of aryl methyl sites for hydroxylation is 2. The molecular weight excluding hydrogens is 348 g/mol. The van der Waals surface area contributed by atoms with Gasteiger partial charge in [-0.2, -0.15) is 0 Å². The van der Waals surface area contributed by atoms with E-state index >= 15 is 0 Å². The molecule has 0 aliphatic carbocycles. The first-order chi connectivity index (χ1) is 12.5. The zero-order valence-corrected chi connectivity index (χ0v) is 15.5. The number of imide groups is 1. The average Bonchev–Trinajstić information content (AvgIpc) is 2.91. The Balaban J connectivity index is 1.61. The van der Waals surface area contributed by atoms with E-state index in [9.17, 15) is 14.4 Å². The van der Waals surface area contributed by atoms with Crippen LogP contribution in [0.5, 0.6) is 0 Å². The van der Waals surface area contributed by atoms with Gasteiger partial charge in [0.05, 0.1) is 16.7 Å². The Bertz CT molecular complexity index is 831. The lowest BCUT2D eigenvalue weighted by Crippen LogP contribution is -2.31. The van der Waals surface area contributed by atoms with Crippen molar-refractivity contribution in [2.75, 3.05) is 16.0 Å². The highest BCUT2D eigenvalue weighted by molar-refractivity contribution is 8.01. The largest absolute Gasteiger partial charge is 0.325 e. The molecule has 0 unspecified atom stereocenters. The van der Waals surface area contributed by atoms with Gasteiger partial charge in [-0.25, -0.2) is 4.90 Å². The molecule has 2 aromatic carbocycles. The number of hydrogen-bond donors (Lipinski definition) is 1.